The Labute approximate surface area is 175 Å². The number of carbonyl (C=O) groups is 1. The molecule has 0 atom stereocenters. The lowest BCUT2D eigenvalue weighted by atomic mass is 10.2. The van der Waals surface area contributed by atoms with Crippen LogP contribution in [0.4, 0.5) is 11.4 Å². The van der Waals surface area contributed by atoms with Crippen molar-refractivity contribution >= 4 is 50.5 Å². The first-order valence-corrected chi connectivity index (χ1v) is 11.3. The van der Waals surface area contributed by atoms with Crippen LogP contribution in [0.25, 0.3) is 0 Å². The van der Waals surface area contributed by atoms with Crippen LogP contribution < -0.4 is 14.4 Å². The number of carbonyl (C=O) groups excluding carboxylic acids is 1. The third-order valence-corrected chi connectivity index (χ3v) is 5.51. The molecular formula is C19H22Cl2N2O4S. The second kappa shape index (κ2) is 10.0. The van der Waals surface area contributed by atoms with Gasteiger partial charge in [-0.05, 0) is 43.7 Å². The molecule has 0 aromatic heterocycles. The first-order chi connectivity index (χ1) is 13.2. The lowest BCUT2D eigenvalue weighted by molar-refractivity contribution is -0.116. The average Bonchev–Trinajstić information content (AvgIpc) is 2.61. The predicted octanol–water partition coefficient (Wildman–Crippen LogP) is 4.58. The Hall–Kier alpha value is -1.96. The van der Waals surface area contributed by atoms with Crippen molar-refractivity contribution in [1.82, 2.24) is 0 Å². The fourth-order valence-electron chi connectivity index (χ4n) is 2.58. The standard InChI is InChI=1S/C19H22Cl2N2O4S/c1-3-27-16-7-4-6-15(13-16)22-19(24)8-5-11-23(28(2,25)26)18-12-14(20)9-10-17(18)21/h4,6-7,9-10,12-13H,3,5,8,11H2,1-2H3,(H,22,24). The molecule has 1 amide bonds. The number of nitrogens with zero attached hydrogens (tertiary/aromatic N) is 1. The molecule has 152 valence electrons. The van der Waals surface area contributed by atoms with Gasteiger partial charge >= 0.3 is 0 Å². The first kappa shape index (κ1) is 22.3. The van der Waals surface area contributed by atoms with Gasteiger partial charge in [-0.3, -0.25) is 9.10 Å². The average molecular weight is 445 g/mol. The molecule has 0 saturated carbocycles. The van der Waals surface area contributed by atoms with Crippen LogP contribution in [0.2, 0.25) is 10.0 Å². The van der Waals surface area contributed by atoms with E-state index in [0.29, 0.717) is 35.2 Å². The maximum Gasteiger partial charge on any atom is 0.232 e. The van der Waals surface area contributed by atoms with Gasteiger partial charge in [0.1, 0.15) is 5.75 Å². The van der Waals surface area contributed by atoms with Gasteiger partial charge in [-0.2, -0.15) is 0 Å². The summed E-state index contributed by atoms with van der Waals surface area (Å²) >= 11 is 12.1. The fourth-order valence-corrected chi connectivity index (χ4v) is 3.98. The zero-order valence-electron chi connectivity index (χ0n) is 15.6. The Balaban J connectivity index is 1.99. The Bertz CT molecular complexity index is 935. The largest absolute Gasteiger partial charge is 0.494 e. The molecule has 28 heavy (non-hydrogen) atoms. The first-order valence-electron chi connectivity index (χ1n) is 8.66. The maximum atomic E-state index is 12.2. The quantitative estimate of drug-likeness (QED) is 0.613. The lowest BCUT2D eigenvalue weighted by Gasteiger charge is -2.23. The number of anilines is 2. The number of hydrogen-bond donors (Lipinski definition) is 1. The summed E-state index contributed by atoms with van der Waals surface area (Å²) in [6.07, 6.45) is 1.54. The predicted molar refractivity (Wildman–Crippen MR) is 114 cm³/mol. The Morgan fingerprint density at radius 2 is 1.93 bits per heavy atom. The molecular weight excluding hydrogens is 423 g/mol. The van der Waals surface area contributed by atoms with Crippen molar-refractivity contribution in [2.75, 3.05) is 29.0 Å². The highest BCUT2D eigenvalue weighted by Crippen LogP contribution is 2.31. The Morgan fingerprint density at radius 1 is 1.18 bits per heavy atom. The zero-order chi connectivity index (χ0) is 20.7. The van der Waals surface area contributed by atoms with E-state index < -0.39 is 10.0 Å². The second-order valence-corrected chi connectivity index (χ2v) is 8.79. The van der Waals surface area contributed by atoms with Gasteiger partial charge in [-0.1, -0.05) is 29.3 Å². The molecule has 0 bridgehead atoms. The van der Waals surface area contributed by atoms with E-state index in [4.69, 9.17) is 27.9 Å². The summed E-state index contributed by atoms with van der Waals surface area (Å²) in [5, 5.41) is 3.42. The summed E-state index contributed by atoms with van der Waals surface area (Å²) in [5.74, 6) is 0.443. The molecule has 1 N–H and O–H groups in total. The molecule has 0 aliphatic rings. The third-order valence-electron chi connectivity index (χ3n) is 3.77. The minimum absolute atomic E-state index is 0.102. The molecule has 0 saturated heterocycles. The molecule has 6 nitrogen and oxygen atoms in total. The molecule has 2 aromatic carbocycles. The molecule has 9 heteroatoms. The van der Waals surface area contributed by atoms with Crippen LogP contribution in [0.15, 0.2) is 42.5 Å². The molecule has 2 rings (SSSR count). The summed E-state index contributed by atoms with van der Waals surface area (Å²) in [5.41, 5.74) is 0.912. The van der Waals surface area contributed by atoms with Crippen molar-refractivity contribution in [3.8, 4) is 5.75 Å². The van der Waals surface area contributed by atoms with Gasteiger partial charge in [-0.25, -0.2) is 8.42 Å². The third kappa shape index (κ3) is 6.58. The van der Waals surface area contributed by atoms with E-state index in [-0.39, 0.29) is 23.9 Å². The van der Waals surface area contributed by atoms with Crippen LogP contribution >= 0.6 is 23.2 Å². The number of benzene rings is 2. The van der Waals surface area contributed by atoms with Crippen LogP contribution in [0.1, 0.15) is 19.8 Å². The number of amides is 1. The second-order valence-electron chi connectivity index (χ2n) is 6.04. The summed E-state index contributed by atoms with van der Waals surface area (Å²) in [7, 11) is -3.58. The monoisotopic (exact) mass is 444 g/mol. The van der Waals surface area contributed by atoms with Gasteiger partial charge in [0, 0.05) is 29.7 Å². The minimum atomic E-state index is -3.58. The number of hydrogen-bond acceptors (Lipinski definition) is 4. The van der Waals surface area contributed by atoms with Gasteiger partial charge in [0.15, 0.2) is 0 Å². The highest BCUT2D eigenvalue weighted by atomic mass is 35.5. The van der Waals surface area contributed by atoms with E-state index in [9.17, 15) is 13.2 Å². The molecule has 0 spiro atoms. The van der Waals surface area contributed by atoms with Gasteiger partial charge < -0.3 is 10.1 Å². The number of nitrogens with one attached hydrogen (secondary N) is 1. The molecule has 0 aliphatic heterocycles. The Morgan fingerprint density at radius 3 is 2.61 bits per heavy atom. The van der Waals surface area contributed by atoms with Crippen molar-refractivity contribution in [3.05, 3.63) is 52.5 Å². The van der Waals surface area contributed by atoms with Gasteiger partial charge in [0.2, 0.25) is 15.9 Å². The summed E-state index contributed by atoms with van der Waals surface area (Å²) in [4.78, 5) is 12.2. The van der Waals surface area contributed by atoms with Gasteiger partial charge in [-0.15, -0.1) is 0 Å². The highest BCUT2D eigenvalue weighted by molar-refractivity contribution is 7.92. The molecule has 0 aliphatic carbocycles. The molecule has 0 heterocycles. The molecule has 2 aromatic rings. The smallest absolute Gasteiger partial charge is 0.232 e. The number of rotatable bonds is 9. The SMILES string of the molecule is CCOc1cccc(NC(=O)CCCN(c2cc(Cl)ccc2Cl)S(C)(=O)=O)c1. The number of sulfonamides is 1. The highest BCUT2D eigenvalue weighted by Gasteiger charge is 2.20. The lowest BCUT2D eigenvalue weighted by Crippen LogP contribution is -2.31. The Kier molecular flexibility index (Phi) is 7.98. The van der Waals surface area contributed by atoms with E-state index in [0.717, 1.165) is 10.6 Å². The van der Waals surface area contributed by atoms with Crippen LogP contribution in [0.3, 0.4) is 0 Å². The van der Waals surface area contributed by atoms with E-state index in [2.05, 4.69) is 5.32 Å². The minimum Gasteiger partial charge on any atom is -0.494 e. The summed E-state index contributed by atoms with van der Waals surface area (Å²) < 4.78 is 30.9. The van der Waals surface area contributed by atoms with Crippen molar-refractivity contribution in [2.24, 2.45) is 0 Å². The van der Waals surface area contributed by atoms with Gasteiger partial charge in [0.05, 0.1) is 23.6 Å². The van der Waals surface area contributed by atoms with Crippen LogP contribution in [-0.2, 0) is 14.8 Å². The van der Waals surface area contributed by atoms with Gasteiger partial charge in [0.25, 0.3) is 0 Å². The van der Waals surface area contributed by atoms with E-state index >= 15 is 0 Å². The van der Waals surface area contributed by atoms with Crippen LogP contribution in [0, 0.1) is 0 Å². The van der Waals surface area contributed by atoms with Crippen LogP contribution in [-0.4, -0.2) is 33.7 Å². The van der Waals surface area contributed by atoms with Crippen molar-refractivity contribution in [1.29, 1.82) is 0 Å². The topological polar surface area (TPSA) is 75.7 Å². The normalized spacial score (nSPS) is 11.1. The molecule has 0 unspecified atom stereocenters. The number of ether oxygens (including phenoxy) is 1. The zero-order valence-corrected chi connectivity index (χ0v) is 17.9. The molecule has 0 fully saturated rings. The van der Waals surface area contributed by atoms with Crippen molar-refractivity contribution in [3.63, 3.8) is 0 Å². The summed E-state index contributed by atoms with van der Waals surface area (Å²) in [6, 6.07) is 11.7. The van der Waals surface area contributed by atoms with E-state index in [1.54, 1.807) is 30.3 Å². The van der Waals surface area contributed by atoms with Crippen LogP contribution in [0.5, 0.6) is 5.75 Å². The number of halogens is 2. The fraction of sp³-hybridized carbons (Fsp3) is 0.316. The maximum absolute atomic E-state index is 12.2. The van der Waals surface area contributed by atoms with Crippen molar-refractivity contribution in [2.45, 2.75) is 19.8 Å². The van der Waals surface area contributed by atoms with E-state index in [1.807, 2.05) is 6.92 Å². The van der Waals surface area contributed by atoms with Crippen molar-refractivity contribution < 1.29 is 17.9 Å². The summed E-state index contributed by atoms with van der Waals surface area (Å²) in [6.45, 7) is 2.51. The molecule has 0 radical (unpaired) electrons. The van der Waals surface area contributed by atoms with E-state index in [1.165, 1.54) is 12.1 Å².